The highest BCUT2D eigenvalue weighted by molar-refractivity contribution is 7.18. The van der Waals surface area contributed by atoms with E-state index < -0.39 is 17.4 Å². The molecule has 5 aromatic rings. The Morgan fingerprint density at radius 1 is 0.941 bits per heavy atom. The lowest BCUT2D eigenvalue weighted by Gasteiger charge is -2.10. The normalized spacial score (nSPS) is 11.1. The maximum atomic E-state index is 12.7. The third-order valence-corrected chi connectivity index (χ3v) is 6.36. The predicted molar refractivity (Wildman–Crippen MR) is 132 cm³/mol. The molecule has 0 radical (unpaired) electrons. The molecule has 0 bridgehead atoms. The van der Waals surface area contributed by atoms with Crippen molar-refractivity contribution in [3.05, 3.63) is 99.4 Å². The molecule has 0 saturated heterocycles. The van der Waals surface area contributed by atoms with Crippen molar-refractivity contribution in [2.75, 3.05) is 5.32 Å². The third kappa shape index (κ3) is 4.28. The van der Waals surface area contributed by atoms with Gasteiger partial charge in [0.25, 0.3) is 11.5 Å². The van der Waals surface area contributed by atoms with Gasteiger partial charge in [0.1, 0.15) is 6.54 Å². The molecule has 0 aliphatic rings. The molecule has 168 valence electrons. The number of hydrogen-bond donors (Lipinski definition) is 2. The van der Waals surface area contributed by atoms with Gasteiger partial charge in [-0.2, -0.15) is 5.10 Å². The van der Waals surface area contributed by atoms with Gasteiger partial charge in [0.15, 0.2) is 5.69 Å². The molecule has 2 amide bonds. The number of fused-ring (bicyclic) bond motifs is 2. The van der Waals surface area contributed by atoms with Crippen LogP contribution in [-0.4, -0.2) is 26.6 Å². The molecule has 3 N–H and O–H groups in total. The molecule has 5 rings (SSSR count). The molecule has 0 fully saturated rings. The lowest BCUT2D eigenvalue weighted by atomic mass is 10.1. The van der Waals surface area contributed by atoms with E-state index in [1.165, 1.54) is 0 Å². The minimum absolute atomic E-state index is 0.0535. The Bertz CT molecular complexity index is 1570. The van der Waals surface area contributed by atoms with Crippen molar-refractivity contribution in [3.63, 3.8) is 0 Å². The van der Waals surface area contributed by atoms with Gasteiger partial charge in [0.2, 0.25) is 5.91 Å². The van der Waals surface area contributed by atoms with Crippen molar-refractivity contribution in [3.8, 4) is 0 Å². The van der Waals surface area contributed by atoms with E-state index in [4.69, 9.17) is 5.73 Å². The van der Waals surface area contributed by atoms with E-state index in [0.717, 1.165) is 25.5 Å². The Morgan fingerprint density at radius 2 is 1.65 bits per heavy atom. The number of anilines is 1. The molecule has 3 aromatic carbocycles. The number of nitrogens with two attached hydrogens (primary N) is 1. The highest BCUT2D eigenvalue weighted by Crippen LogP contribution is 2.24. The van der Waals surface area contributed by atoms with Crippen molar-refractivity contribution in [1.29, 1.82) is 0 Å². The predicted octanol–water partition coefficient (Wildman–Crippen LogP) is 3.33. The molecule has 0 aliphatic carbocycles. The van der Waals surface area contributed by atoms with Crippen LogP contribution in [0.1, 0.15) is 21.1 Å². The van der Waals surface area contributed by atoms with Crippen LogP contribution in [0.5, 0.6) is 0 Å². The number of carbonyl (C=O) groups is 2. The summed E-state index contributed by atoms with van der Waals surface area (Å²) in [6, 6.07) is 22.0. The summed E-state index contributed by atoms with van der Waals surface area (Å²) in [6.45, 7) is -0.350. The molecule has 0 aliphatic heterocycles. The zero-order valence-corrected chi connectivity index (χ0v) is 18.7. The smallest absolute Gasteiger partial charge is 0.275 e. The van der Waals surface area contributed by atoms with Crippen molar-refractivity contribution in [2.24, 2.45) is 5.73 Å². The van der Waals surface area contributed by atoms with Crippen LogP contribution in [0.4, 0.5) is 5.69 Å². The lowest BCUT2D eigenvalue weighted by molar-refractivity contribution is -0.117. The van der Waals surface area contributed by atoms with Gasteiger partial charge in [-0.3, -0.25) is 14.4 Å². The highest BCUT2D eigenvalue weighted by atomic mass is 32.1. The van der Waals surface area contributed by atoms with Crippen molar-refractivity contribution in [2.45, 2.75) is 13.0 Å². The van der Waals surface area contributed by atoms with Gasteiger partial charge in [0, 0.05) is 17.5 Å². The second-order valence-electron chi connectivity index (χ2n) is 7.72. The molecule has 0 saturated carbocycles. The molecule has 0 unspecified atom stereocenters. The zero-order chi connectivity index (χ0) is 23.7. The number of thiazole rings is 1. The van der Waals surface area contributed by atoms with Gasteiger partial charge in [-0.05, 0) is 35.9 Å². The number of primary amides is 1. The summed E-state index contributed by atoms with van der Waals surface area (Å²) in [6.07, 6.45) is 0.694. The summed E-state index contributed by atoms with van der Waals surface area (Å²) in [4.78, 5) is 41.8. The Morgan fingerprint density at radius 3 is 2.38 bits per heavy atom. The van der Waals surface area contributed by atoms with Crippen molar-refractivity contribution < 1.29 is 9.59 Å². The number of hydrogen-bond acceptors (Lipinski definition) is 6. The first-order valence-electron chi connectivity index (χ1n) is 10.5. The first-order valence-corrected chi connectivity index (χ1v) is 11.3. The third-order valence-electron chi connectivity index (χ3n) is 5.33. The molecule has 9 heteroatoms. The minimum Gasteiger partial charge on any atom is -0.364 e. The van der Waals surface area contributed by atoms with Gasteiger partial charge in [0.05, 0.1) is 20.6 Å². The molecular formula is C25H19N5O3S. The van der Waals surface area contributed by atoms with Gasteiger partial charge in [-0.25, -0.2) is 9.67 Å². The number of benzene rings is 3. The number of carbonyl (C=O) groups excluding carboxylic acids is 2. The van der Waals surface area contributed by atoms with E-state index >= 15 is 0 Å². The van der Waals surface area contributed by atoms with Crippen LogP contribution in [-0.2, 0) is 17.8 Å². The fourth-order valence-corrected chi connectivity index (χ4v) is 4.74. The Labute approximate surface area is 197 Å². The minimum atomic E-state index is -0.769. The van der Waals surface area contributed by atoms with E-state index in [-0.39, 0.29) is 17.6 Å². The largest absolute Gasteiger partial charge is 0.364 e. The summed E-state index contributed by atoms with van der Waals surface area (Å²) in [5.41, 5.74) is 7.54. The molecule has 2 aromatic heterocycles. The number of nitrogens with zero attached hydrogens (tertiary/aromatic N) is 3. The van der Waals surface area contributed by atoms with Crippen LogP contribution in [0.25, 0.3) is 21.0 Å². The zero-order valence-electron chi connectivity index (χ0n) is 17.9. The van der Waals surface area contributed by atoms with Gasteiger partial charge < -0.3 is 11.1 Å². The molecule has 0 spiro atoms. The summed E-state index contributed by atoms with van der Waals surface area (Å²) in [5.74, 6) is -1.21. The molecule has 2 heterocycles. The number of rotatable bonds is 6. The Balaban J connectivity index is 1.30. The fraction of sp³-hybridized carbons (Fsp3) is 0.0800. The topological polar surface area (TPSA) is 120 Å². The van der Waals surface area contributed by atoms with Gasteiger partial charge in [-0.1, -0.05) is 42.5 Å². The second kappa shape index (κ2) is 8.87. The van der Waals surface area contributed by atoms with E-state index in [1.807, 2.05) is 30.3 Å². The number of para-hydroxylation sites is 1. The fourth-order valence-electron chi connectivity index (χ4n) is 3.74. The first-order chi connectivity index (χ1) is 16.5. The van der Waals surface area contributed by atoms with E-state index in [2.05, 4.69) is 21.5 Å². The average Bonchev–Trinajstić information content (AvgIpc) is 3.24. The van der Waals surface area contributed by atoms with Crippen LogP contribution >= 0.6 is 11.3 Å². The van der Waals surface area contributed by atoms with Gasteiger partial charge >= 0.3 is 0 Å². The first kappa shape index (κ1) is 21.5. The summed E-state index contributed by atoms with van der Waals surface area (Å²) >= 11 is 1.66. The Hall–Kier alpha value is -4.37. The SMILES string of the molecule is NC(=O)c1nn(CC(=O)Nc2ccc(Cc3nc4ccccc4s3)cc2)c(=O)c2ccccc12. The van der Waals surface area contributed by atoms with E-state index in [1.54, 1.807) is 47.7 Å². The summed E-state index contributed by atoms with van der Waals surface area (Å²) in [5, 5.41) is 8.44. The van der Waals surface area contributed by atoms with Gasteiger partial charge in [-0.15, -0.1) is 11.3 Å². The van der Waals surface area contributed by atoms with Crippen LogP contribution in [0, 0.1) is 0 Å². The Kier molecular flexibility index (Phi) is 5.60. The maximum absolute atomic E-state index is 12.7. The van der Waals surface area contributed by atoms with Crippen LogP contribution in [0.2, 0.25) is 0 Å². The highest BCUT2D eigenvalue weighted by Gasteiger charge is 2.16. The lowest BCUT2D eigenvalue weighted by Crippen LogP contribution is -2.32. The molecule has 8 nitrogen and oxygen atoms in total. The van der Waals surface area contributed by atoms with Crippen molar-refractivity contribution in [1.82, 2.24) is 14.8 Å². The quantitative estimate of drug-likeness (QED) is 0.395. The summed E-state index contributed by atoms with van der Waals surface area (Å²) < 4.78 is 2.11. The standard InChI is InChI=1S/C25H19N5O3S/c26-24(32)23-17-5-1-2-6-18(17)25(33)30(29-23)14-21(31)27-16-11-9-15(10-12-16)13-22-28-19-7-3-4-8-20(19)34-22/h1-12H,13-14H2,(H2,26,32)(H,27,31). The number of amides is 2. The van der Waals surface area contributed by atoms with E-state index in [0.29, 0.717) is 17.5 Å². The maximum Gasteiger partial charge on any atom is 0.275 e. The molecular weight excluding hydrogens is 450 g/mol. The monoisotopic (exact) mass is 469 g/mol. The average molecular weight is 470 g/mol. The van der Waals surface area contributed by atoms with E-state index in [9.17, 15) is 14.4 Å². The second-order valence-corrected chi connectivity index (χ2v) is 8.83. The molecule has 0 atom stereocenters. The van der Waals surface area contributed by atoms with Crippen LogP contribution in [0.3, 0.4) is 0 Å². The molecule has 34 heavy (non-hydrogen) atoms. The van der Waals surface area contributed by atoms with Crippen molar-refractivity contribution >= 4 is 49.8 Å². The number of aromatic nitrogens is 3. The summed E-state index contributed by atoms with van der Waals surface area (Å²) in [7, 11) is 0. The van der Waals surface area contributed by atoms with Crippen LogP contribution < -0.4 is 16.6 Å². The number of nitrogens with one attached hydrogen (secondary N) is 1. The van der Waals surface area contributed by atoms with Crippen LogP contribution in [0.15, 0.2) is 77.6 Å².